The normalized spacial score (nSPS) is 19.0. The summed E-state index contributed by atoms with van der Waals surface area (Å²) in [6.07, 6.45) is 4.71. The van der Waals surface area contributed by atoms with E-state index in [1.807, 2.05) is 34.1 Å². The minimum atomic E-state index is 0.0671. The molecule has 0 aromatic heterocycles. The van der Waals surface area contributed by atoms with E-state index in [4.69, 9.17) is 4.74 Å². The number of carbonyl (C=O) groups excluding carboxylic acids is 2. The summed E-state index contributed by atoms with van der Waals surface area (Å²) >= 11 is 0. The summed E-state index contributed by atoms with van der Waals surface area (Å²) in [5.74, 6) is 0.308. The van der Waals surface area contributed by atoms with Gasteiger partial charge in [0.25, 0.3) is 5.91 Å². The van der Waals surface area contributed by atoms with Crippen molar-refractivity contribution in [1.82, 2.24) is 14.7 Å². The third kappa shape index (κ3) is 5.53. The zero-order valence-corrected chi connectivity index (χ0v) is 16.4. The van der Waals surface area contributed by atoms with Crippen LogP contribution in [0.3, 0.4) is 0 Å². The molecule has 0 N–H and O–H groups in total. The fourth-order valence-electron chi connectivity index (χ4n) is 3.81. The van der Waals surface area contributed by atoms with Crippen LogP contribution in [-0.4, -0.2) is 79.4 Å². The Morgan fingerprint density at radius 1 is 0.852 bits per heavy atom. The van der Waals surface area contributed by atoms with Gasteiger partial charge in [0, 0.05) is 51.9 Å². The van der Waals surface area contributed by atoms with E-state index in [0.717, 1.165) is 44.6 Å². The van der Waals surface area contributed by atoms with Crippen molar-refractivity contribution in [3.63, 3.8) is 0 Å². The van der Waals surface area contributed by atoms with Crippen LogP contribution in [0.15, 0.2) is 24.3 Å². The molecule has 0 atom stereocenters. The molecular formula is C21H31N3O3. The number of rotatable bonds is 5. The van der Waals surface area contributed by atoms with E-state index in [-0.39, 0.29) is 11.8 Å². The quantitative estimate of drug-likeness (QED) is 0.792. The van der Waals surface area contributed by atoms with E-state index < -0.39 is 0 Å². The first-order valence-electron chi connectivity index (χ1n) is 10.0. The monoisotopic (exact) mass is 373 g/mol. The Balaban J connectivity index is 1.46. The molecule has 1 aromatic rings. The Morgan fingerprint density at radius 3 is 2.07 bits per heavy atom. The molecule has 3 rings (SSSR count). The summed E-state index contributed by atoms with van der Waals surface area (Å²) in [7, 11) is 1.66. The maximum Gasteiger partial charge on any atom is 0.253 e. The maximum absolute atomic E-state index is 12.7. The van der Waals surface area contributed by atoms with Crippen LogP contribution >= 0.6 is 0 Å². The lowest BCUT2D eigenvalue weighted by Gasteiger charge is -2.35. The van der Waals surface area contributed by atoms with Crippen LogP contribution in [-0.2, 0) is 16.1 Å². The molecule has 2 amide bonds. The molecule has 2 aliphatic heterocycles. The summed E-state index contributed by atoms with van der Waals surface area (Å²) in [4.78, 5) is 31.3. The zero-order valence-electron chi connectivity index (χ0n) is 16.4. The van der Waals surface area contributed by atoms with Gasteiger partial charge in [0.15, 0.2) is 0 Å². The van der Waals surface area contributed by atoms with Crippen molar-refractivity contribution < 1.29 is 14.3 Å². The maximum atomic E-state index is 12.7. The predicted molar refractivity (Wildman–Crippen MR) is 105 cm³/mol. The zero-order chi connectivity index (χ0) is 19.1. The smallest absolute Gasteiger partial charge is 0.253 e. The molecular weight excluding hydrogens is 342 g/mol. The first kappa shape index (κ1) is 19.8. The molecule has 0 spiro atoms. The van der Waals surface area contributed by atoms with Crippen molar-refractivity contribution >= 4 is 11.8 Å². The Hall–Kier alpha value is -1.92. The van der Waals surface area contributed by atoms with E-state index in [9.17, 15) is 9.59 Å². The van der Waals surface area contributed by atoms with Crippen molar-refractivity contribution in [2.75, 3.05) is 52.9 Å². The summed E-state index contributed by atoms with van der Waals surface area (Å²) in [6.45, 7) is 5.69. The molecule has 2 heterocycles. The number of piperazine rings is 1. The van der Waals surface area contributed by atoms with Crippen molar-refractivity contribution in [3.05, 3.63) is 35.4 Å². The number of methoxy groups -OCH3 is 1. The molecule has 2 saturated heterocycles. The number of benzene rings is 1. The van der Waals surface area contributed by atoms with Gasteiger partial charge in [-0.15, -0.1) is 0 Å². The van der Waals surface area contributed by atoms with Crippen LogP contribution in [0.4, 0.5) is 0 Å². The third-order valence-electron chi connectivity index (χ3n) is 5.49. The van der Waals surface area contributed by atoms with Gasteiger partial charge in [0.1, 0.15) is 0 Å². The number of likely N-dealkylation sites (tertiary alicyclic amines) is 1. The fraction of sp³-hybridized carbons (Fsp3) is 0.619. The highest BCUT2D eigenvalue weighted by Crippen LogP contribution is 2.13. The van der Waals surface area contributed by atoms with Crippen LogP contribution < -0.4 is 0 Å². The first-order valence-corrected chi connectivity index (χ1v) is 10.0. The minimum Gasteiger partial charge on any atom is -0.380 e. The number of ether oxygens (including phenoxy) is 1. The Labute approximate surface area is 162 Å². The molecule has 0 unspecified atom stereocenters. The number of amides is 2. The van der Waals surface area contributed by atoms with Gasteiger partial charge >= 0.3 is 0 Å². The Morgan fingerprint density at radius 2 is 1.48 bits per heavy atom. The Kier molecular flexibility index (Phi) is 7.24. The number of hydrogen-bond acceptors (Lipinski definition) is 4. The molecule has 0 bridgehead atoms. The molecule has 148 valence electrons. The third-order valence-corrected chi connectivity index (χ3v) is 5.49. The average molecular weight is 373 g/mol. The Bertz CT molecular complexity index is 616. The van der Waals surface area contributed by atoms with E-state index in [2.05, 4.69) is 4.90 Å². The topological polar surface area (TPSA) is 53.1 Å². The van der Waals surface area contributed by atoms with Crippen molar-refractivity contribution in [3.8, 4) is 0 Å². The lowest BCUT2D eigenvalue weighted by atomic mass is 10.1. The summed E-state index contributed by atoms with van der Waals surface area (Å²) in [5.41, 5.74) is 1.77. The second-order valence-electron chi connectivity index (χ2n) is 7.49. The SMILES string of the molecule is COCc1ccc(C(=O)N2CCN(CC(=O)N3CCCCCC3)CC2)cc1. The van der Waals surface area contributed by atoms with Crippen LogP contribution in [0.5, 0.6) is 0 Å². The van der Waals surface area contributed by atoms with Crippen molar-refractivity contribution in [1.29, 1.82) is 0 Å². The van der Waals surface area contributed by atoms with Gasteiger partial charge < -0.3 is 14.5 Å². The highest BCUT2D eigenvalue weighted by Gasteiger charge is 2.25. The lowest BCUT2D eigenvalue weighted by Crippen LogP contribution is -2.51. The predicted octanol–water partition coefficient (Wildman–Crippen LogP) is 1.99. The molecule has 2 aliphatic rings. The van der Waals surface area contributed by atoms with Crippen molar-refractivity contribution in [2.45, 2.75) is 32.3 Å². The van der Waals surface area contributed by atoms with E-state index in [0.29, 0.717) is 31.8 Å². The van der Waals surface area contributed by atoms with Gasteiger partial charge in [0.05, 0.1) is 13.2 Å². The van der Waals surface area contributed by atoms with Crippen molar-refractivity contribution in [2.24, 2.45) is 0 Å². The summed E-state index contributed by atoms with van der Waals surface area (Å²) < 4.78 is 5.11. The van der Waals surface area contributed by atoms with E-state index >= 15 is 0 Å². The number of carbonyl (C=O) groups is 2. The molecule has 0 radical (unpaired) electrons. The number of hydrogen-bond donors (Lipinski definition) is 0. The van der Waals surface area contributed by atoms with Gasteiger partial charge in [0.2, 0.25) is 5.91 Å². The minimum absolute atomic E-state index is 0.0671. The van der Waals surface area contributed by atoms with Gasteiger partial charge in [-0.3, -0.25) is 14.5 Å². The van der Waals surface area contributed by atoms with E-state index in [1.165, 1.54) is 12.8 Å². The largest absolute Gasteiger partial charge is 0.380 e. The second-order valence-corrected chi connectivity index (χ2v) is 7.49. The van der Waals surface area contributed by atoms with E-state index in [1.54, 1.807) is 7.11 Å². The fourth-order valence-corrected chi connectivity index (χ4v) is 3.81. The summed E-state index contributed by atoms with van der Waals surface area (Å²) in [5, 5.41) is 0. The van der Waals surface area contributed by atoms with Gasteiger partial charge in [-0.25, -0.2) is 0 Å². The standard InChI is InChI=1S/C21H31N3O3/c1-27-17-18-6-8-19(9-7-18)21(26)24-14-12-22(13-15-24)16-20(25)23-10-4-2-3-5-11-23/h6-9H,2-5,10-17H2,1H3. The number of nitrogens with zero attached hydrogens (tertiary/aromatic N) is 3. The van der Waals surface area contributed by atoms with Gasteiger partial charge in [-0.05, 0) is 30.5 Å². The molecule has 6 nitrogen and oxygen atoms in total. The molecule has 0 aliphatic carbocycles. The second kappa shape index (κ2) is 9.85. The molecule has 1 aromatic carbocycles. The molecule has 0 saturated carbocycles. The average Bonchev–Trinajstić information content (AvgIpc) is 2.98. The molecule has 6 heteroatoms. The highest BCUT2D eigenvalue weighted by atomic mass is 16.5. The lowest BCUT2D eigenvalue weighted by molar-refractivity contribution is -0.132. The summed E-state index contributed by atoms with van der Waals surface area (Å²) in [6, 6.07) is 7.61. The molecule has 2 fully saturated rings. The van der Waals surface area contributed by atoms with Crippen LogP contribution in [0.1, 0.15) is 41.6 Å². The van der Waals surface area contributed by atoms with Gasteiger partial charge in [-0.1, -0.05) is 25.0 Å². The van der Waals surface area contributed by atoms with Crippen LogP contribution in [0.25, 0.3) is 0 Å². The molecule has 27 heavy (non-hydrogen) atoms. The van der Waals surface area contributed by atoms with Crippen LogP contribution in [0, 0.1) is 0 Å². The van der Waals surface area contributed by atoms with Gasteiger partial charge in [-0.2, -0.15) is 0 Å². The highest BCUT2D eigenvalue weighted by molar-refractivity contribution is 5.94. The van der Waals surface area contributed by atoms with Crippen LogP contribution in [0.2, 0.25) is 0 Å². The first-order chi connectivity index (χ1) is 13.2.